The van der Waals surface area contributed by atoms with Crippen LogP contribution in [-0.4, -0.2) is 27.1 Å². The molecule has 0 aliphatic heterocycles. The molecule has 1 heterocycles. The molecule has 0 N–H and O–H groups in total. The molecule has 4 heteroatoms. The van der Waals surface area contributed by atoms with Gasteiger partial charge in [0, 0.05) is 31.4 Å². The van der Waals surface area contributed by atoms with Gasteiger partial charge in [-0.15, -0.1) is 0 Å². The molecule has 0 unspecified atom stereocenters. The third kappa shape index (κ3) is 2.94. The van der Waals surface area contributed by atoms with Crippen molar-refractivity contribution in [1.82, 2.24) is 14.7 Å². The molecule has 0 saturated heterocycles. The molecule has 1 rings (SSSR count). The van der Waals surface area contributed by atoms with Crippen molar-refractivity contribution >= 4 is 5.91 Å². The molecule has 0 aromatic carbocycles. The van der Waals surface area contributed by atoms with E-state index >= 15 is 0 Å². The third-order valence-corrected chi connectivity index (χ3v) is 2.25. The fourth-order valence-corrected chi connectivity index (χ4v) is 1.36. The summed E-state index contributed by atoms with van der Waals surface area (Å²) in [5.74, 6) is -0.0400. The molecule has 0 radical (unpaired) electrons. The summed E-state index contributed by atoms with van der Waals surface area (Å²) in [6.45, 7) is 9.59. The molecule has 82 valence electrons. The minimum absolute atomic E-state index is 0.0400. The van der Waals surface area contributed by atoms with Crippen LogP contribution in [0.2, 0.25) is 0 Å². The van der Waals surface area contributed by atoms with Crippen LogP contribution >= 0.6 is 0 Å². The molecular weight excluding hydrogens is 190 g/mol. The van der Waals surface area contributed by atoms with E-state index in [4.69, 9.17) is 0 Å². The van der Waals surface area contributed by atoms with Crippen LogP contribution < -0.4 is 0 Å². The first kappa shape index (κ1) is 11.5. The highest BCUT2D eigenvalue weighted by Crippen LogP contribution is 2.04. The summed E-state index contributed by atoms with van der Waals surface area (Å²) in [7, 11) is 0. The van der Waals surface area contributed by atoms with E-state index in [0.29, 0.717) is 13.1 Å². The topological polar surface area (TPSA) is 38.1 Å². The van der Waals surface area contributed by atoms with Crippen LogP contribution in [0.25, 0.3) is 0 Å². The van der Waals surface area contributed by atoms with Gasteiger partial charge in [0.05, 0.1) is 6.20 Å². The van der Waals surface area contributed by atoms with E-state index in [1.807, 2.05) is 24.7 Å². The van der Waals surface area contributed by atoms with E-state index in [9.17, 15) is 4.79 Å². The molecule has 0 aliphatic rings. The number of amides is 1. The van der Waals surface area contributed by atoms with Gasteiger partial charge in [-0.1, -0.05) is 6.58 Å². The van der Waals surface area contributed by atoms with Crippen molar-refractivity contribution in [3.05, 3.63) is 30.6 Å². The van der Waals surface area contributed by atoms with Gasteiger partial charge in [0.1, 0.15) is 0 Å². The van der Waals surface area contributed by atoms with Gasteiger partial charge >= 0.3 is 0 Å². The number of nitrogens with zero attached hydrogens (tertiary/aromatic N) is 3. The highest BCUT2D eigenvalue weighted by Gasteiger charge is 2.09. The van der Waals surface area contributed by atoms with E-state index in [1.54, 1.807) is 11.1 Å². The largest absolute Gasteiger partial charge is 0.335 e. The summed E-state index contributed by atoms with van der Waals surface area (Å²) < 4.78 is 1.85. The zero-order valence-corrected chi connectivity index (χ0v) is 9.31. The minimum atomic E-state index is -0.0400. The van der Waals surface area contributed by atoms with Gasteiger partial charge in [-0.3, -0.25) is 9.48 Å². The Labute approximate surface area is 90.2 Å². The summed E-state index contributed by atoms with van der Waals surface area (Å²) in [6.07, 6.45) is 5.09. The zero-order valence-electron chi connectivity index (χ0n) is 9.31. The number of rotatable bonds is 5. The molecule has 15 heavy (non-hydrogen) atoms. The maximum absolute atomic E-state index is 11.4. The van der Waals surface area contributed by atoms with Crippen LogP contribution in [0.4, 0.5) is 0 Å². The predicted octanol–water partition coefficient (Wildman–Crippen LogP) is 1.44. The number of likely N-dealkylation sites (N-methyl/N-ethyl adjacent to an activating group) is 1. The quantitative estimate of drug-likeness (QED) is 0.685. The maximum Gasteiger partial charge on any atom is 0.246 e. The van der Waals surface area contributed by atoms with E-state index in [-0.39, 0.29) is 5.91 Å². The van der Waals surface area contributed by atoms with Crippen molar-refractivity contribution in [2.75, 3.05) is 6.54 Å². The van der Waals surface area contributed by atoms with Gasteiger partial charge < -0.3 is 4.90 Å². The van der Waals surface area contributed by atoms with Crippen LogP contribution in [0.3, 0.4) is 0 Å². The number of carbonyl (C=O) groups excluding carboxylic acids is 1. The Morgan fingerprint density at radius 3 is 2.87 bits per heavy atom. The fraction of sp³-hybridized carbons (Fsp3) is 0.455. The Hall–Kier alpha value is -1.58. The SMILES string of the molecule is C=CC(=O)N(CC)Cc1cnn(CC)c1. The van der Waals surface area contributed by atoms with Crippen molar-refractivity contribution in [2.24, 2.45) is 0 Å². The normalized spacial score (nSPS) is 10.0. The lowest BCUT2D eigenvalue weighted by molar-refractivity contribution is -0.126. The molecule has 0 bridgehead atoms. The molecule has 0 spiro atoms. The number of carbonyl (C=O) groups is 1. The number of aryl methyl sites for hydroxylation is 1. The Morgan fingerprint density at radius 2 is 2.40 bits per heavy atom. The lowest BCUT2D eigenvalue weighted by Crippen LogP contribution is -2.28. The Balaban J connectivity index is 2.66. The second kappa shape index (κ2) is 5.34. The summed E-state index contributed by atoms with van der Waals surface area (Å²) >= 11 is 0. The zero-order chi connectivity index (χ0) is 11.3. The number of hydrogen-bond acceptors (Lipinski definition) is 2. The molecule has 0 atom stereocenters. The Bertz CT molecular complexity index is 343. The average Bonchev–Trinajstić information content (AvgIpc) is 2.72. The smallest absolute Gasteiger partial charge is 0.246 e. The van der Waals surface area contributed by atoms with Crippen molar-refractivity contribution in [3.8, 4) is 0 Å². The highest BCUT2D eigenvalue weighted by molar-refractivity contribution is 5.86. The van der Waals surface area contributed by atoms with E-state index in [2.05, 4.69) is 11.7 Å². The van der Waals surface area contributed by atoms with Crippen LogP contribution in [-0.2, 0) is 17.9 Å². The summed E-state index contributed by atoms with van der Waals surface area (Å²) in [5, 5.41) is 4.16. The van der Waals surface area contributed by atoms with Crippen LogP contribution in [0, 0.1) is 0 Å². The number of aromatic nitrogens is 2. The lowest BCUT2D eigenvalue weighted by atomic mass is 10.3. The van der Waals surface area contributed by atoms with Gasteiger partial charge in [-0.25, -0.2) is 0 Å². The molecule has 1 amide bonds. The molecule has 4 nitrogen and oxygen atoms in total. The van der Waals surface area contributed by atoms with Gasteiger partial charge in [-0.2, -0.15) is 5.10 Å². The molecule has 0 fully saturated rings. The minimum Gasteiger partial charge on any atom is -0.335 e. The van der Waals surface area contributed by atoms with Crippen LogP contribution in [0.5, 0.6) is 0 Å². The van der Waals surface area contributed by atoms with Gasteiger partial charge in [0.15, 0.2) is 0 Å². The van der Waals surface area contributed by atoms with Crippen molar-refractivity contribution < 1.29 is 4.79 Å². The Morgan fingerprint density at radius 1 is 1.67 bits per heavy atom. The second-order valence-electron chi connectivity index (χ2n) is 3.26. The highest BCUT2D eigenvalue weighted by atomic mass is 16.2. The van der Waals surface area contributed by atoms with Crippen molar-refractivity contribution in [1.29, 1.82) is 0 Å². The predicted molar refractivity (Wildman–Crippen MR) is 59.2 cm³/mol. The fourth-order valence-electron chi connectivity index (χ4n) is 1.36. The molecule has 0 aliphatic carbocycles. The number of hydrogen-bond donors (Lipinski definition) is 0. The van der Waals surface area contributed by atoms with E-state index in [0.717, 1.165) is 12.1 Å². The summed E-state index contributed by atoms with van der Waals surface area (Å²) in [5.41, 5.74) is 1.05. The standard InChI is InChI=1S/C11H17N3O/c1-4-11(15)13(5-2)8-10-7-12-14(6-3)9-10/h4,7,9H,1,5-6,8H2,2-3H3. The van der Waals surface area contributed by atoms with Crippen LogP contribution in [0.1, 0.15) is 19.4 Å². The average molecular weight is 207 g/mol. The molecule has 0 saturated carbocycles. The van der Waals surface area contributed by atoms with Gasteiger partial charge in [-0.05, 0) is 19.9 Å². The van der Waals surface area contributed by atoms with E-state index in [1.165, 1.54) is 6.08 Å². The lowest BCUT2D eigenvalue weighted by Gasteiger charge is -2.17. The first-order valence-electron chi connectivity index (χ1n) is 5.13. The summed E-state index contributed by atoms with van der Waals surface area (Å²) in [6, 6.07) is 0. The maximum atomic E-state index is 11.4. The van der Waals surface area contributed by atoms with Crippen LogP contribution in [0.15, 0.2) is 25.0 Å². The summed E-state index contributed by atoms with van der Waals surface area (Å²) in [4.78, 5) is 13.1. The molecular formula is C11H17N3O. The van der Waals surface area contributed by atoms with E-state index < -0.39 is 0 Å². The molecule has 1 aromatic rings. The second-order valence-corrected chi connectivity index (χ2v) is 3.26. The van der Waals surface area contributed by atoms with Crippen molar-refractivity contribution in [2.45, 2.75) is 26.9 Å². The van der Waals surface area contributed by atoms with Gasteiger partial charge in [0.25, 0.3) is 0 Å². The van der Waals surface area contributed by atoms with Crippen molar-refractivity contribution in [3.63, 3.8) is 0 Å². The van der Waals surface area contributed by atoms with Gasteiger partial charge in [0.2, 0.25) is 5.91 Å². The Kier molecular flexibility index (Phi) is 4.09. The molecule has 1 aromatic heterocycles. The first-order valence-corrected chi connectivity index (χ1v) is 5.13. The first-order chi connectivity index (χ1) is 7.21. The monoisotopic (exact) mass is 207 g/mol. The third-order valence-electron chi connectivity index (χ3n) is 2.25.